The molecule has 1 atom stereocenters. The van der Waals surface area contributed by atoms with Crippen molar-refractivity contribution in [2.45, 2.75) is 32.5 Å². The maximum Gasteiger partial charge on any atom is 0.257 e. The van der Waals surface area contributed by atoms with E-state index in [1.165, 1.54) is 6.20 Å². The maximum atomic E-state index is 13.4. The van der Waals surface area contributed by atoms with Crippen molar-refractivity contribution in [2.24, 2.45) is 0 Å². The number of aryl methyl sites for hydroxylation is 1. The van der Waals surface area contributed by atoms with Crippen LogP contribution in [0.3, 0.4) is 0 Å². The Morgan fingerprint density at radius 2 is 1.81 bits per heavy atom. The molecule has 37 heavy (non-hydrogen) atoms. The van der Waals surface area contributed by atoms with E-state index in [1.54, 1.807) is 35.0 Å². The van der Waals surface area contributed by atoms with E-state index in [9.17, 15) is 14.4 Å². The van der Waals surface area contributed by atoms with Gasteiger partial charge in [-0.15, -0.1) is 0 Å². The van der Waals surface area contributed by atoms with Gasteiger partial charge in [-0.2, -0.15) is 0 Å². The van der Waals surface area contributed by atoms with Gasteiger partial charge in [-0.25, -0.2) is 0 Å². The average molecular weight is 499 g/mol. The zero-order chi connectivity index (χ0) is 25.8. The third-order valence-corrected chi connectivity index (χ3v) is 6.23. The third-order valence-electron chi connectivity index (χ3n) is 6.23. The number of carbonyl (C=O) groups is 2. The standard InChI is InChI=1S/C28H26N4O5/c1-2-32-16-21(26(33)20-13-24-25(14-23(20)32)37-17-36-24)27(34)31-22(12-18-8-4-3-5-9-18)28(35)30-15-19-10-6-7-11-29-19/h3-11,13-14,16,22H,2,12,15,17H2,1H3,(H,30,35)(H,31,34)/t22-/m1/s1. The first-order valence-electron chi connectivity index (χ1n) is 12.0. The van der Waals surface area contributed by atoms with E-state index >= 15 is 0 Å². The first-order valence-corrected chi connectivity index (χ1v) is 12.0. The lowest BCUT2D eigenvalue weighted by atomic mass is 10.0. The van der Waals surface area contributed by atoms with Crippen molar-refractivity contribution >= 4 is 22.7 Å². The highest BCUT2D eigenvalue weighted by molar-refractivity contribution is 6.00. The van der Waals surface area contributed by atoms with E-state index in [4.69, 9.17) is 9.47 Å². The van der Waals surface area contributed by atoms with Crippen molar-refractivity contribution in [3.63, 3.8) is 0 Å². The second kappa shape index (κ2) is 10.5. The minimum absolute atomic E-state index is 0.0520. The Hall–Kier alpha value is -4.66. The molecule has 5 rings (SSSR count). The summed E-state index contributed by atoms with van der Waals surface area (Å²) in [6, 6.07) is 17.3. The van der Waals surface area contributed by atoms with Gasteiger partial charge in [-0.05, 0) is 30.7 Å². The number of amides is 2. The lowest BCUT2D eigenvalue weighted by molar-refractivity contribution is -0.123. The Morgan fingerprint density at radius 3 is 2.54 bits per heavy atom. The van der Waals surface area contributed by atoms with E-state index in [0.717, 1.165) is 5.56 Å². The minimum Gasteiger partial charge on any atom is -0.454 e. The van der Waals surface area contributed by atoms with E-state index < -0.39 is 17.4 Å². The van der Waals surface area contributed by atoms with Gasteiger partial charge in [-0.3, -0.25) is 19.4 Å². The van der Waals surface area contributed by atoms with Crippen LogP contribution in [0.25, 0.3) is 10.9 Å². The number of ether oxygens (including phenoxy) is 2. The molecule has 2 N–H and O–H groups in total. The second-order valence-corrected chi connectivity index (χ2v) is 8.64. The Morgan fingerprint density at radius 1 is 1.05 bits per heavy atom. The van der Waals surface area contributed by atoms with Crippen molar-refractivity contribution in [3.05, 3.63) is 100 Å². The molecule has 0 unspecified atom stereocenters. The van der Waals surface area contributed by atoms with Crippen molar-refractivity contribution < 1.29 is 19.1 Å². The van der Waals surface area contributed by atoms with Crippen molar-refractivity contribution in [1.29, 1.82) is 0 Å². The predicted molar refractivity (Wildman–Crippen MR) is 137 cm³/mol. The molecule has 2 amide bonds. The van der Waals surface area contributed by atoms with E-state index in [0.29, 0.717) is 34.6 Å². The topological polar surface area (TPSA) is 112 Å². The van der Waals surface area contributed by atoms with Crippen molar-refractivity contribution in [2.75, 3.05) is 6.79 Å². The number of hydrogen-bond donors (Lipinski definition) is 2. The smallest absolute Gasteiger partial charge is 0.257 e. The molecule has 4 aromatic rings. The maximum absolute atomic E-state index is 13.4. The fourth-order valence-corrected chi connectivity index (χ4v) is 4.30. The lowest BCUT2D eigenvalue weighted by Gasteiger charge is -2.19. The molecule has 2 aromatic carbocycles. The number of benzene rings is 2. The lowest BCUT2D eigenvalue weighted by Crippen LogP contribution is -2.48. The second-order valence-electron chi connectivity index (χ2n) is 8.64. The summed E-state index contributed by atoms with van der Waals surface area (Å²) < 4.78 is 12.7. The molecule has 188 valence electrons. The predicted octanol–water partition coefficient (Wildman–Crippen LogP) is 2.80. The van der Waals surface area contributed by atoms with E-state index in [2.05, 4.69) is 15.6 Å². The van der Waals surface area contributed by atoms with E-state index in [-0.39, 0.29) is 31.2 Å². The molecule has 0 saturated carbocycles. The van der Waals surface area contributed by atoms with Crippen LogP contribution in [0.4, 0.5) is 0 Å². The Bertz CT molecular complexity index is 1500. The first-order chi connectivity index (χ1) is 18.0. The van der Waals surface area contributed by atoms with Gasteiger partial charge in [0.15, 0.2) is 11.5 Å². The summed E-state index contributed by atoms with van der Waals surface area (Å²) in [4.78, 5) is 44.2. The van der Waals surface area contributed by atoms with Crippen LogP contribution in [-0.2, 0) is 24.3 Å². The van der Waals surface area contributed by atoms with Gasteiger partial charge in [0.1, 0.15) is 11.6 Å². The Labute approximate surface area is 213 Å². The molecule has 1 aliphatic heterocycles. The SMILES string of the molecule is CCn1cc(C(=O)N[C@H](Cc2ccccc2)C(=O)NCc2ccccn2)c(=O)c2cc3c(cc21)OCO3. The highest BCUT2D eigenvalue weighted by Gasteiger charge is 2.25. The summed E-state index contributed by atoms with van der Waals surface area (Å²) in [6.07, 6.45) is 3.43. The highest BCUT2D eigenvalue weighted by Crippen LogP contribution is 2.35. The Kier molecular flexibility index (Phi) is 6.85. The minimum atomic E-state index is -0.902. The number of hydrogen-bond acceptors (Lipinski definition) is 6. The van der Waals surface area contributed by atoms with Crippen LogP contribution in [0, 0.1) is 0 Å². The van der Waals surface area contributed by atoms with Crippen LogP contribution >= 0.6 is 0 Å². The quantitative estimate of drug-likeness (QED) is 0.387. The first kappa shape index (κ1) is 24.1. The molecule has 9 heteroatoms. The van der Waals surface area contributed by atoms with Crippen LogP contribution in [-0.4, -0.2) is 34.2 Å². The molecule has 0 radical (unpaired) electrons. The van der Waals surface area contributed by atoms with Gasteiger partial charge in [0.05, 0.1) is 23.1 Å². The van der Waals surface area contributed by atoms with Gasteiger partial charge in [0.25, 0.3) is 5.91 Å². The molecular weight excluding hydrogens is 472 g/mol. The highest BCUT2D eigenvalue weighted by atomic mass is 16.7. The number of carbonyl (C=O) groups excluding carboxylic acids is 2. The largest absolute Gasteiger partial charge is 0.454 e. The zero-order valence-corrected chi connectivity index (χ0v) is 20.3. The number of rotatable bonds is 8. The fraction of sp³-hybridized carbons (Fsp3) is 0.214. The van der Waals surface area contributed by atoms with Gasteiger partial charge >= 0.3 is 0 Å². The summed E-state index contributed by atoms with van der Waals surface area (Å²) in [6.45, 7) is 2.73. The average Bonchev–Trinajstić information content (AvgIpc) is 3.39. The third kappa shape index (κ3) is 5.16. The van der Waals surface area contributed by atoms with Crippen molar-refractivity contribution in [1.82, 2.24) is 20.2 Å². The van der Waals surface area contributed by atoms with Crippen LogP contribution in [0.2, 0.25) is 0 Å². The number of pyridine rings is 2. The number of fused-ring (bicyclic) bond motifs is 2. The molecule has 1 aliphatic rings. The monoisotopic (exact) mass is 498 g/mol. The Balaban J connectivity index is 1.44. The molecule has 3 heterocycles. The molecule has 0 aliphatic carbocycles. The van der Waals surface area contributed by atoms with Crippen molar-refractivity contribution in [3.8, 4) is 11.5 Å². The number of nitrogens with one attached hydrogen (secondary N) is 2. The molecule has 0 bridgehead atoms. The van der Waals surface area contributed by atoms with Gasteiger partial charge in [-0.1, -0.05) is 36.4 Å². The van der Waals surface area contributed by atoms with Crippen LogP contribution in [0.5, 0.6) is 11.5 Å². The summed E-state index contributed by atoms with van der Waals surface area (Å²) >= 11 is 0. The van der Waals surface area contributed by atoms with Crippen LogP contribution in [0.15, 0.2) is 77.9 Å². The number of aromatic nitrogens is 2. The fourth-order valence-electron chi connectivity index (χ4n) is 4.30. The summed E-state index contributed by atoms with van der Waals surface area (Å²) in [7, 11) is 0. The normalized spacial score (nSPS) is 12.8. The number of nitrogens with zero attached hydrogens (tertiary/aromatic N) is 2. The summed E-state index contributed by atoms with van der Waals surface area (Å²) in [5, 5.41) is 5.97. The molecular formula is C28H26N4O5. The summed E-state index contributed by atoms with van der Waals surface area (Å²) in [5.74, 6) is 0.0167. The van der Waals surface area contributed by atoms with Crippen LogP contribution < -0.4 is 25.5 Å². The molecule has 9 nitrogen and oxygen atoms in total. The summed E-state index contributed by atoms with van der Waals surface area (Å²) in [5.41, 5.74) is 1.71. The van der Waals surface area contributed by atoms with E-state index in [1.807, 2.05) is 43.3 Å². The van der Waals surface area contributed by atoms with Gasteiger partial charge in [0, 0.05) is 31.4 Å². The molecule has 2 aromatic heterocycles. The zero-order valence-electron chi connectivity index (χ0n) is 20.3. The molecule has 0 spiro atoms. The van der Waals surface area contributed by atoms with Crippen LogP contribution in [0.1, 0.15) is 28.5 Å². The van der Waals surface area contributed by atoms with Gasteiger partial charge in [0.2, 0.25) is 18.1 Å². The van der Waals surface area contributed by atoms with Gasteiger partial charge < -0.3 is 24.7 Å². The molecule has 0 fully saturated rings. The molecule has 0 saturated heterocycles.